The maximum Gasteiger partial charge on any atom is 0.249 e. The Morgan fingerprint density at radius 3 is 2.68 bits per heavy atom. The molecular weight excluding hydrogens is 322 g/mol. The molecule has 118 valence electrons. The Balaban J connectivity index is 1.73. The van der Waals surface area contributed by atoms with Gasteiger partial charge in [-0.1, -0.05) is 23.5 Å². The summed E-state index contributed by atoms with van der Waals surface area (Å²) in [6, 6.07) is 8.07. The number of aromatic nitrogens is 1. The SMILES string of the molecule is COc1ccc([C@@H]2CCN(c3ncc(S(N)(=O)=O)s3)C2)cc1. The molecule has 2 heterocycles. The van der Waals surface area contributed by atoms with E-state index >= 15 is 0 Å². The fourth-order valence-electron chi connectivity index (χ4n) is 2.61. The lowest BCUT2D eigenvalue weighted by Crippen LogP contribution is -2.18. The van der Waals surface area contributed by atoms with E-state index in [9.17, 15) is 8.42 Å². The molecule has 1 fully saturated rings. The summed E-state index contributed by atoms with van der Waals surface area (Å²) >= 11 is 1.12. The molecule has 0 unspecified atom stereocenters. The van der Waals surface area contributed by atoms with Crippen LogP contribution >= 0.6 is 11.3 Å². The zero-order valence-corrected chi connectivity index (χ0v) is 13.7. The Morgan fingerprint density at radius 1 is 1.36 bits per heavy atom. The van der Waals surface area contributed by atoms with Gasteiger partial charge in [0, 0.05) is 19.0 Å². The van der Waals surface area contributed by atoms with Crippen molar-refractivity contribution in [2.45, 2.75) is 16.5 Å². The van der Waals surface area contributed by atoms with Crippen LogP contribution in [0.5, 0.6) is 5.75 Å². The van der Waals surface area contributed by atoms with Gasteiger partial charge < -0.3 is 9.64 Å². The van der Waals surface area contributed by atoms with E-state index in [-0.39, 0.29) is 4.21 Å². The third kappa shape index (κ3) is 3.08. The molecule has 6 nitrogen and oxygen atoms in total. The highest BCUT2D eigenvalue weighted by Gasteiger charge is 2.26. The van der Waals surface area contributed by atoms with Crippen LogP contribution in [-0.2, 0) is 10.0 Å². The first-order valence-electron chi connectivity index (χ1n) is 6.85. The molecule has 8 heteroatoms. The highest BCUT2D eigenvalue weighted by Crippen LogP contribution is 2.34. The number of anilines is 1. The van der Waals surface area contributed by atoms with Crippen LogP contribution < -0.4 is 14.8 Å². The van der Waals surface area contributed by atoms with Crippen LogP contribution in [0.1, 0.15) is 17.9 Å². The number of rotatable bonds is 4. The Kier molecular flexibility index (Phi) is 4.07. The van der Waals surface area contributed by atoms with E-state index in [1.165, 1.54) is 11.8 Å². The highest BCUT2D eigenvalue weighted by atomic mass is 32.2. The molecule has 3 rings (SSSR count). The van der Waals surface area contributed by atoms with Gasteiger partial charge in [0.15, 0.2) is 9.34 Å². The van der Waals surface area contributed by atoms with Crippen LogP contribution in [0, 0.1) is 0 Å². The maximum atomic E-state index is 11.3. The topological polar surface area (TPSA) is 85.5 Å². The number of nitrogens with two attached hydrogens (primary N) is 1. The maximum absolute atomic E-state index is 11.3. The number of ether oxygens (including phenoxy) is 1. The molecule has 22 heavy (non-hydrogen) atoms. The van der Waals surface area contributed by atoms with E-state index in [1.54, 1.807) is 7.11 Å². The van der Waals surface area contributed by atoms with Crippen molar-refractivity contribution in [3.05, 3.63) is 36.0 Å². The number of benzene rings is 1. The monoisotopic (exact) mass is 339 g/mol. The molecule has 1 atom stereocenters. The van der Waals surface area contributed by atoms with Gasteiger partial charge in [-0.15, -0.1) is 0 Å². The van der Waals surface area contributed by atoms with E-state index < -0.39 is 10.0 Å². The van der Waals surface area contributed by atoms with Gasteiger partial charge in [-0.3, -0.25) is 0 Å². The Labute approximate surface area is 133 Å². The standard InChI is InChI=1S/C14H17N3O3S2/c1-20-12-4-2-10(3-5-12)11-6-7-17(9-11)14-16-8-13(21-14)22(15,18)19/h2-5,8,11H,6-7,9H2,1H3,(H2,15,18,19)/t11-/m1/s1. The Bertz CT molecular complexity index is 756. The molecule has 1 aromatic carbocycles. The number of thiazole rings is 1. The molecule has 0 amide bonds. The second-order valence-electron chi connectivity index (χ2n) is 5.21. The minimum atomic E-state index is -3.67. The fraction of sp³-hybridized carbons (Fsp3) is 0.357. The van der Waals surface area contributed by atoms with Gasteiger partial charge in [-0.05, 0) is 24.1 Å². The lowest BCUT2D eigenvalue weighted by Gasteiger charge is -2.15. The third-order valence-electron chi connectivity index (χ3n) is 3.80. The first kappa shape index (κ1) is 15.3. The first-order chi connectivity index (χ1) is 10.5. The van der Waals surface area contributed by atoms with Gasteiger partial charge in [-0.25, -0.2) is 18.5 Å². The largest absolute Gasteiger partial charge is 0.497 e. The van der Waals surface area contributed by atoms with E-state index in [4.69, 9.17) is 9.88 Å². The zero-order valence-electron chi connectivity index (χ0n) is 12.1. The quantitative estimate of drug-likeness (QED) is 0.918. The molecule has 1 aromatic heterocycles. The first-order valence-corrected chi connectivity index (χ1v) is 9.21. The molecule has 2 N–H and O–H groups in total. The molecule has 1 aliphatic heterocycles. The normalized spacial score (nSPS) is 18.6. The van der Waals surface area contributed by atoms with Crippen molar-refractivity contribution in [2.24, 2.45) is 5.14 Å². The summed E-state index contributed by atoms with van der Waals surface area (Å²) in [6.07, 6.45) is 2.34. The second-order valence-corrected chi connectivity index (χ2v) is 8.01. The molecule has 1 saturated heterocycles. The summed E-state index contributed by atoms with van der Waals surface area (Å²) in [5.74, 6) is 1.25. The van der Waals surface area contributed by atoms with Gasteiger partial charge in [0.05, 0.1) is 13.3 Å². The van der Waals surface area contributed by atoms with Crippen LogP contribution in [0.3, 0.4) is 0 Å². The van der Waals surface area contributed by atoms with Gasteiger partial charge in [-0.2, -0.15) is 0 Å². The summed E-state index contributed by atoms with van der Waals surface area (Å²) in [5, 5.41) is 5.84. The summed E-state index contributed by atoms with van der Waals surface area (Å²) in [5.41, 5.74) is 1.26. The van der Waals surface area contributed by atoms with Crippen LogP contribution in [0.2, 0.25) is 0 Å². The van der Waals surface area contributed by atoms with Crippen LogP contribution in [0.15, 0.2) is 34.7 Å². The zero-order chi connectivity index (χ0) is 15.7. The smallest absolute Gasteiger partial charge is 0.249 e. The van der Waals surface area contributed by atoms with Gasteiger partial charge in [0.2, 0.25) is 10.0 Å². The van der Waals surface area contributed by atoms with Crippen molar-refractivity contribution in [2.75, 3.05) is 25.1 Å². The molecule has 1 aliphatic rings. The minimum absolute atomic E-state index is 0.107. The number of hydrogen-bond donors (Lipinski definition) is 1. The van der Waals surface area contributed by atoms with Gasteiger partial charge >= 0.3 is 0 Å². The highest BCUT2D eigenvalue weighted by molar-refractivity contribution is 7.91. The summed E-state index contributed by atoms with van der Waals surface area (Å²) < 4.78 is 27.9. The molecule has 0 spiro atoms. The van der Waals surface area contributed by atoms with Gasteiger partial charge in [0.1, 0.15) is 5.75 Å². The summed E-state index contributed by atoms with van der Waals surface area (Å²) in [4.78, 5) is 6.29. The fourth-order valence-corrected chi connectivity index (χ4v) is 4.18. The molecule has 0 bridgehead atoms. The van der Waals surface area contributed by atoms with Crippen LogP contribution in [0.4, 0.5) is 5.13 Å². The van der Waals surface area contributed by atoms with Crippen molar-refractivity contribution in [3.63, 3.8) is 0 Å². The lowest BCUT2D eigenvalue weighted by atomic mass is 9.98. The minimum Gasteiger partial charge on any atom is -0.497 e. The van der Waals surface area contributed by atoms with E-state index in [2.05, 4.69) is 22.0 Å². The third-order valence-corrected chi connectivity index (χ3v) is 6.26. The predicted octanol–water partition coefficient (Wildman–Crippen LogP) is 1.79. The van der Waals surface area contributed by atoms with Crippen LogP contribution in [0.25, 0.3) is 0 Å². The average Bonchev–Trinajstić information content (AvgIpc) is 3.15. The number of methoxy groups -OCH3 is 1. The number of sulfonamides is 1. The van der Waals surface area contributed by atoms with Crippen molar-refractivity contribution < 1.29 is 13.2 Å². The van der Waals surface area contributed by atoms with Gasteiger partial charge in [0.25, 0.3) is 0 Å². The predicted molar refractivity (Wildman–Crippen MR) is 86.1 cm³/mol. The van der Waals surface area contributed by atoms with E-state index in [0.717, 1.165) is 36.6 Å². The Hall–Kier alpha value is -1.64. The molecule has 0 aliphatic carbocycles. The number of primary sulfonamides is 1. The molecular formula is C14H17N3O3S2. The number of nitrogens with zero attached hydrogens (tertiary/aromatic N) is 2. The van der Waals surface area contributed by atoms with Crippen molar-refractivity contribution >= 4 is 26.5 Å². The Morgan fingerprint density at radius 2 is 2.09 bits per heavy atom. The molecule has 0 radical (unpaired) electrons. The van der Waals surface area contributed by atoms with Crippen molar-refractivity contribution in [3.8, 4) is 5.75 Å². The second kappa shape index (κ2) is 5.86. The average molecular weight is 339 g/mol. The molecule has 2 aromatic rings. The summed E-state index contributed by atoms with van der Waals surface area (Å²) in [6.45, 7) is 1.68. The van der Waals surface area contributed by atoms with Crippen molar-refractivity contribution in [1.82, 2.24) is 4.98 Å². The number of hydrogen-bond acceptors (Lipinski definition) is 6. The molecule has 0 saturated carbocycles. The lowest BCUT2D eigenvalue weighted by molar-refractivity contribution is 0.414. The van der Waals surface area contributed by atoms with E-state index in [1.807, 2.05) is 12.1 Å². The van der Waals surface area contributed by atoms with E-state index in [0.29, 0.717) is 11.0 Å². The van der Waals surface area contributed by atoms with Crippen LogP contribution in [-0.4, -0.2) is 33.6 Å². The van der Waals surface area contributed by atoms with Crippen molar-refractivity contribution in [1.29, 1.82) is 0 Å². The summed E-state index contributed by atoms with van der Waals surface area (Å²) in [7, 11) is -2.02.